The van der Waals surface area contributed by atoms with Gasteiger partial charge in [0.05, 0.1) is 5.92 Å². The number of halogens is 2. The number of rotatable bonds is 3. The summed E-state index contributed by atoms with van der Waals surface area (Å²) in [6, 6.07) is 3.54. The number of nitrogens with zero attached hydrogens (tertiary/aromatic N) is 2. The normalized spacial score (nSPS) is 23.0. The molecular formula is C17H22F2N2O. The summed E-state index contributed by atoms with van der Waals surface area (Å²) in [5, 5.41) is 0. The number of carbonyl (C=O) groups excluding carboxylic acids is 1. The van der Waals surface area contributed by atoms with Gasteiger partial charge in [0.2, 0.25) is 5.91 Å². The van der Waals surface area contributed by atoms with Gasteiger partial charge in [-0.05, 0) is 50.4 Å². The van der Waals surface area contributed by atoms with Crippen molar-refractivity contribution in [3.63, 3.8) is 0 Å². The molecule has 1 amide bonds. The molecular weight excluding hydrogens is 286 g/mol. The molecule has 0 radical (unpaired) electrons. The van der Waals surface area contributed by atoms with Gasteiger partial charge in [0.25, 0.3) is 0 Å². The molecule has 3 nitrogen and oxygen atoms in total. The lowest BCUT2D eigenvalue weighted by Crippen LogP contribution is -2.40. The SMILES string of the molecule is O=C(C1CCN(Cc2cc(F)ccc2F)C1)N1CCCCC1. The molecule has 1 aromatic rings. The number of benzene rings is 1. The average molecular weight is 308 g/mol. The molecule has 0 saturated carbocycles. The van der Waals surface area contributed by atoms with Gasteiger partial charge in [-0.25, -0.2) is 8.78 Å². The largest absolute Gasteiger partial charge is 0.342 e. The topological polar surface area (TPSA) is 23.6 Å². The van der Waals surface area contributed by atoms with E-state index >= 15 is 0 Å². The van der Waals surface area contributed by atoms with Crippen molar-refractivity contribution in [3.05, 3.63) is 35.4 Å². The Morgan fingerprint density at radius 1 is 1.14 bits per heavy atom. The summed E-state index contributed by atoms with van der Waals surface area (Å²) in [7, 11) is 0. The zero-order valence-electron chi connectivity index (χ0n) is 12.7. The number of amides is 1. The summed E-state index contributed by atoms with van der Waals surface area (Å²) < 4.78 is 26.9. The number of carbonyl (C=O) groups is 1. The first-order chi connectivity index (χ1) is 10.6. The van der Waals surface area contributed by atoms with Crippen LogP contribution in [0.15, 0.2) is 18.2 Å². The molecule has 22 heavy (non-hydrogen) atoms. The van der Waals surface area contributed by atoms with E-state index in [1.165, 1.54) is 12.5 Å². The van der Waals surface area contributed by atoms with E-state index in [9.17, 15) is 13.6 Å². The fourth-order valence-electron chi connectivity index (χ4n) is 3.46. The monoisotopic (exact) mass is 308 g/mol. The summed E-state index contributed by atoms with van der Waals surface area (Å²) in [5.74, 6) is -0.555. The molecule has 2 saturated heterocycles. The van der Waals surface area contributed by atoms with Gasteiger partial charge in [0, 0.05) is 31.7 Å². The van der Waals surface area contributed by atoms with E-state index in [-0.39, 0.29) is 17.6 Å². The highest BCUT2D eigenvalue weighted by Crippen LogP contribution is 2.23. The maximum Gasteiger partial charge on any atom is 0.227 e. The molecule has 3 rings (SSSR count). The van der Waals surface area contributed by atoms with Crippen molar-refractivity contribution in [2.75, 3.05) is 26.2 Å². The Hall–Kier alpha value is -1.49. The number of hydrogen-bond acceptors (Lipinski definition) is 2. The predicted molar refractivity (Wildman–Crippen MR) is 80.2 cm³/mol. The van der Waals surface area contributed by atoms with Crippen molar-refractivity contribution in [2.45, 2.75) is 32.2 Å². The molecule has 0 aliphatic carbocycles. The Balaban J connectivity index is 1.57. The number of piperidine rings is 1. The van der Waals surface area contributed by atoms with Crippen molar-refractivity contribution in [1.29, 1.82) is 0 Å². The molecule has 1 aromatic carbocycles. The summed E-state index contributed by atoms with van der Waals surface area (Å²) in [6.45, 7) is 3.51. The quantitative estimate of drug-likeness (QED) is 0.857. The minimum absolute atomic E-state index is 0.00900. The first kappa shape index (κ1) is 15.4. The Bertz CT molecular complexity index is 543. The fraction of sp³-hybridized carbons (Fsp3) is 0.588. The first-order valence-corrected chi connectivity index (χ1v) is 8.08. The van der Waals surface area contributed by atoms with Crippen LogP contribution in [-0.4, -0.2) is 41.9 Å². The molecule has 2 aliphatic heterocycles. The number of likely N-dealkylation sites (tertiary alicyclic amines) is 2. The third kappa shape index (κ3) is 3.46. The zero-order valence-corrected chi connectivity index (χ0v) is 12.7. The Kier molecular flexibility index (Phi) is 4.71. The predicted octanol–water partition coefficient (Wildman–Crippen LogP) is 2.80. The van der Waals surface area contributed by atoms with E-state index < -0.39 is 5.82 Å². The molecule has 1 atom stereocenters. The van der Waals surface area contributed by atoms with Crippen LogP contribution in [0.5, 0.6) is 0 Å². The summed E-state index contributed by atoms with van der Waals surface area (Å²) >= 11 is 0. The van der Waals surface area contributed by atoms with E-state index in [2.05, 4.69) is 0 Å². The molecule has 2 fully saturated rings. The van der Waals surface area contributed by atoms with Gasteiger partial charge in [0.15, 0.2) is 0 Å². The molecule has 0 bridgehead atoms. The van der Waals surface area contributed by atoms with Crippen molar-refractivity contribution in [1.82, 2.24) is 9.80 Å². The molecule has 2 aliphatic rings. The smallest absolute Gasteiger partial charge is 0.227 e. The highest BCUT2D eigenvalue weighted by molar-refractivity contribution is 5.79. The van der Waals surface area contributed by atoms with Gasteiger partial charge in [-0.1, -0.05) is 0 Å². The lowest BCUT2D eigenvalue weighted by Gasteiger charge is -2.29. The summed E-state index contributed by atoms with van der Waals surface area (Å²) in [5.41, 5.74) is 0.367. The Morgan fingerprint density at radius 2 is 1.91 bits per heavy atom. The van der Waals surface area contributed by atoms with E-state index in [4.69, 9.17) is 0 Å². The third-order valence-corrected chi connectivity index (χ3v) is 4.69. The van der Waals surface area contributed by atoms with Gasteiger partial charge in [-0.2, -0.15) is 0 Å². The molecule has 120 valence electrons. The van der Waals surface area contributed by atoms with Gasteiger partial charge < -0.3 is 4.90 Å². The molecule has 1 unspecified atom stereocenters. The van der Waals surface area contributed by atoms with Gasteiger partial charge in [-0.15, -0.1) is 0 Å². The van der Waals surface area contributed by atoms with Crippen LogP contribution >= 0.6 is 0 Å². The van der Waals surface area contributed by atoms with Crippen molar-refractivity contribution >= 4 is 5.91 Å². The van der Waals surface area contributed by atoms with Crippen LogP contribution in [0, 0.1) is 17.6 Å². The van der Waals surface area contributed by atoms with Crippen LogP contribution in [0.25, 0.3) is 0 Å². The lowest BCUT2D eigenvalue weighted by molar-refractivity contribution is -0.136. The van der Waals surface area contributed by atoms with Crippen LogP contribution in [0.4, 0.5) is 8.78 Å². The van der Waals surface area contributed by atoms with Crippen LogP contribution in [0.2, 0.25) is 0 Å². The van der Waals surface area contributed by atoms with Gasteiger partial charge in [-0.3, -0.25) is 9.69 Å². The second-order valence-corrected chi connectivity index (χ2v) is 6.34. The second kappa shape index (κ2) is 6.73. The lowest BCUT2D eigenvalue weighted by atomic mass is 10.0. The zero-order chi connectivity index (χ0) is 15.5. The summed E-state index contributed by atoms with van der Waals surface area (Å²) in [4.78, 5) is 16.5. The number of hydrogen-bond donors (Lipinski definition) is 0. The van der Waals surface area contributed by atoms with Gasteiger partial charge >= 0.3 is 0 Å². The molecule has 2 heterocycles. The van der Waals surface area contributed by atoms with Crippen LogP contribution in [0.3, 0.4) is 0 Å². The molecule has 0 aromatic heterocycles. The van der Waals surface area contributed by atoms with Crippen molar-refractivity contribution in [2.24, 2.45) is 5.92 Å². The van der Waals surface area contributed by atoms with Crippen molar-refractivity contribution in [3.8, 4) is 0 Å². The van der Waals surface area contributed by atoms with Crippen LogP contribution in [0.1, 0.15) is 31.2 Å². The maximum absolute atomic E-state index is 13.7. The highest BCUT2D eigenvalue weighted by atomic mass is 19.1. The van der Waals surface area contributed by atoms with E-state index in [1.807, 2.05) is 9.80 Å². The van der Waals surface area contributed by atoms with E-state index in [1.54, 1.807) is 0 Å². The Morgan fingerprint density at radius 3 is 2.68 bits per heavy atom. The van der Waals surface area contributed by atoms with Crippen LogP contribution in [-0.2, 0) is 11.3 Å². The Labute approximate surface area is 129 Å². The fourth-order valence-corrected chi connectivity index (χ4v) is 3.46. The highest BCUT2D eigenvalue weighted by Gasteiger charge is 2.32. The van der Waals surface area contributed by atoms with E-state index in [0.29, 0.717) is 18.7 Å². The standard InChI is InChI=1S/C17H22F2N2O/c18-15-4-5-16(19)14(10-15)12-20-9-6-13(11-20)17(22)21-7-2-1-3-8-21/h4-5,10,13H,1-3,6-9,11-12H2. The minimum atomic E-state index is -0.420. The average Bonchev–Trinajstić information content (AvgIpc) is 2.99. The molecule has 0 spiro atoms. The van der Waals surface area contributed by atoms with Gasteiger partial charge in [0.1, 0.15) is 11.6 Å². The first-order valence-electron chi connectivity index (χ1n) is 8.08. The van der Waals surface area contributed by atoms with Crippen molar-refractivity contribution < 1.29 is 13.6 Å². The maximum atomic E-state index is 13.7. The minimum Gasteiger partial charge on any atom is -0.342 e. The molecule has 0 N–H and O–H groups in total. The third-order valence-electron chi connectivity index (χ3n) is 4.69. The molecule has 5 heteroatoms. The van der Waals surface area contributed by atoms with Crippen LogP contribution < -0.4 is 0 Å². The second-order valence-electron chi connectivity index (χ2n) is 6.34. The summed E-state index contributed by atoms with van der Waals surface area (Å²) in [6.07, 6.45) is 4.21. The van der Waals surface area contributed by atoms with E-state index in [0.717, 1.165) is 51.0 Å².